The van der Waals surface area contributed by atoms with Gasteiger partial charge in [-0.25, -0.2) is 4.79 Å². The molecule has 1 atom stereocenters. The summed E-state index contributed by atoms with van der Waals surface area (Å²) in [5.74, 6) is 0. The van der Waals surface area contributed by atoms with E-state index in [1.54, 1.807) is 12.3 Å². The third-order valence-corrected chi connectivity index (χ3v) is 2.21. The van der Waals surface area contributed by atoms with Crippen LogP contribution in [0.4, 0.5) is 0 Å². The molecule has 14 heavy (non-hydrogen) atoms. The van der Waals surface area contributed by atoms with E-state index in [0.717, 1.165) is 16.5 Å². The molecule has 1 N–H and O–H groups in total. The lowest BCUT2D eigenvalue weighted by Crippen LogP contribution is -1.90. The van der Waals surface area contributed by atoms with E-state index in [4.69, 9.17) is 0 Å². The van der Waals surface area contributed by atoms with Gasteiger partial charge in [0, 0.05) is 10.9 Å². The SMILES string of the molecule is CC(N=C=O)c1cccc2cn[nH]c12. The van der Waals surface area contributed by atoms with Crippen LogP contribution in [0, 0.1) is 0 Å². The zero-order chi connectivity index (χ0) is 9.97. The fraction of sp³-hybridized carbons (Fsp3) is 0.200. The van der Waals surface area contributed by atoms with Gasteiger partial charge in [-0.05, 0) is 6.92 Å². The second kappa shape index (κ2) is 3.44. The smallest absolute Gasteiger partial charge is 0.235 e. The Hall–Kier alpha value is -1.93. The van der Waals surface area contributed by atoms with Crippen molar-refractivity contribution < 1.29 is 4.79 Å². The second-order valence-corrected chi connectivity index (χ2v) is 3.08. The molecule has 0 aliphatic carbocycles. The number of aliphatic imine (C=N–C) groups is 1. The second-order valence-electron chi connectivity index (χ2n) is 3.08. The normalized spacial score (nSPS) is 12.4. The third-order valence-electron chi connectivity index (χ3n) is 2.21. The Morgan fingerprint density at radius 2 is 2.43 bits per heavy atom. The molecule has 0 saturated heterocycles. The summed E-state index contributed by atoms with van der Waals surface area (Å²) in [5, 5.41) is 7.85. The number of carbonyl (C=O) groups excluding carboxylic acids is 1. The summed E-state index contributed by atoms with van der Waals surface area (Å²) in [7, 11) is 0. The Morgan fingerprint density at radius 1 is 1.57 bits per heavy atom. The van der Waals surface area contributed by atoms with Crippen LogP contribution < -0.4 is 0 Å². The Kier molecular flexibility index (Phi) is 2.13. The van der Waals surface area contributed by atoms with Crippen LogP contribution in [0.1, 0.15) is 18.5 Å². The fourth-order valence-corrected chi connectivity index (χ4v) is 1.49. The van der Waals surface area contributed by atoms with Crippen molar-refractivity contribution in [1.29, 1.82) is 0 Å². The zero-order valence-corrected chi connectivity index (χ0v) is 7.69. The third kappa shape index (κ3) is 1.32. The number of H-pyrrole nitrogens is 1. The summed E-state index contributed by atoms with van der Waals surface area (Å²) in [6.45, 7) is 1.85. The van der Waals surface area contributed by atoms with E-state index in [-0.39, 0.29) is 6.04 Å². The molecule has 0 saturated carbocycles. The van der Waals surface area contributed by atoms with E-state index >= 15 is 0 Å². The summed E-state index contributed by atoms with van der Waals surface area (Å²) < 4.78 is 0. The molecular formula is C10H9N3O. The maximum atomic E-state index is 10.1. The summed E-state index contributed by atoms with van der Waals surface area (Å²) in [5.41, 5.74) is 1.89. The molecule has 1 unspecified atom stereocenters. The van der Waals surface area contributed by atoms with Crippen molar-refractivity contribution in [1.82, 2.24) is 10.2 Å². The Bertz CT molecular complexity index is 497. The lowest BCUT2D eigenvalue weighted by molar-refractivity contribution is 0.559. The number of nitrogens with zero attached hydrogens (tertiary/aromatic N) is 2. The van der Waals surface area contributed by atoms with Crippen molar-refractivity contribution in [2.75, 3.05) is 0 Å². The van der Waals surface area contributed by atoms with Gasteiger partial charge in [-0.1, -0.05) is 18.2 Å². The van der Waals surface area contributed by atoms with Crippen LogP contribution in [0.15, 0.2) is 29.4 Å². The van der Waals surface area contributed by atoms with Gasteiger partial charge in [0.15, 0.2) is 0 Å². The number of aromatic nitrogens is 2. The number of rotatable bonds is 2. The number of isocyanates is 1. The molecule has 70 valence electrons. The number of aromatic amines is 1. The van der Waals surface area contributed by atoms with Crippen molar-refractivity contribution in [3.05, 3.63) is 30.0 Å². The van der Waals surface area contributed by atoms with Gasteiger partial charge < -0.3 is 0 Å². The predicted octanol–water partition coefficient (Wildman–Crippen LogP) is 1.96. The van der Waals surface area contributed by atoms with Crippen molar-refractivity contribution in [3.63, 3.8) is 0 Å². The number of hydrogen-bond acceptors (Lipinski definition) is 3. The van der Waals surface area contributed by atoms with Gasteiger partial charge in [0.25, 0.3) is 0 Å². The Labute approximate surface area is 80.7 Å². The highest BCUT2D eigenvalue weighted by atomic mass is 16.1. The maximum Gasteiger partial charge on any atom is 0.235 e. The molecule has 0 radical (unpaired) electrons. The van der Waals surface area contributed by atoms with Crippen LogP contribution in [-0.4, -0.2) is 16.3 Å². The minimum Gasteiger partial charge on any atom is -0.277 e. The monoisotopic (exact) mass is 187 g/mol. The molecule has 4 nitrogen and oxygen atoms in total. The molecular weight excluding hydrogens is 178 g/mol. The van der Waals surface area contributed by atoms with Crippen LogP contribution in [0.2, 0.25) is 0 Å². The number of benzene rings is 1. The highest BCUT2D eigenvalue weighted by molar-refractivity contribution is 5.81. The lowest BCUT2D eigenvalue weighted by atomic mass is 10.1. The maximum absolute atomic E-state index is 10.1. The van der Waals surface area contributed by atoms with Crippen LogP contribution in [0.3, 0.4) is 0 Å². The Morgan fingerprint density at radius 3 is 3.21 bits per heavy atom. The first-order chi connectivity index (χ1) is 6.83. The number of para-hydroxylation sites is 1. The summed E-state index contributed by atoms with van der Waals surface area (Å²) in [6.07, 6.45) is 3.31. The average molecular weight is 187 g/mol. The first-order valence-electron chi connectivity index (χ1n) is 4.32. The molecule has 0 bridgehead atoms. The Balaban J connectivity index is 2.61. The van der Waals surface area contributed by atoms with Crippen molar-refractivity contribution >= 4 is 17.0 Å². The lowest BCUT2D eigenvalue weighted by Gasteiger charge is -2.04. The molecule has 0 aliphatic heterocycles. The van der Waals surface area contributed by atoms with Crippen LogP contribution in [0.5, 0.6) is 0 Å². The highest BCUT2D eigenvalue weighted by Crippen LogP contribution is 2.23. The van der Waals surface area contributed by atoms with Crippen molar-refractivity contribution in [2.24, 2.45) is 4.99 Å². The van der Waals surface area contributed by atoms with E-state index in [1.807, 2.05) is 25.1 Å². The van der Waals surface area contributed by atoms with Gasteiger partial charge in [-0.2, -0.15) is 10.1 Å². The van der Waals surface area contributed by atoms with Gasteiger partial charge in [0.1, 0.15) is 0 Å². The average Bonchev–Trinajstić information content (AvgIpc) is 2.65. The van der Waals surface area contributed by atoms with E-state index in [2.05, 4.69) is 15.2 Å². The minimum atomic E-state index is -0.184. The van der Waals surface area contributed by atoms with Gasteiger partial charge >= 0.3 is 0 Å². The summed E-state index contributed by atoms with van der Waals surface area (Å²) in [6, 6.07) is 5.62. The van der Waals surface area contributed by atoms with E-state index in [0.29, 0.717) is 0 Å². The minimum absolute atomic E-state index is 0.184. The van der Waals surface area contributed by atoms with E-state index < -0.39 is 0 Å². The largest absolute Gasteiger partial charge is 0.277 e. The van der Waals surface area contributed by atoms with Crippen molar-refractivity contribution in [3.8, 4) is 0 Å². The van der Waals surface area contributed by atoms with Gasteiger partial charge in [0.2, 0.25) is 6.08 Å². The molecule has 1 aromatic carbocycles. The topological polar surface area (TPSA) is 58.1 Å². The van der Waals surface area contributed by atoms with E-state index in [1.165, 1.54) is 0 Å². The van der Waals surface area contributed by atoms with Crippen molar-refractivity contribution in [2.45, 2.75) is 13.0 Å². The zero-order valence-electron chi connectivity index (χ0n) is 7.69. The molecule has 1 heterocycles. The van der Waals surface area contributed by atoms with Gasteiger partial charge in [-0.15, -0.1) is 0 Å². The molecule has 4 heteroatoms. The van der Waals surface area contributed by atoms with Crippen LogP contribution in [-0.2, 0) is 4.79 Å². The molecule has 0 amide bonds. The molecule has 2 aromatic rings. The van der Waals surface area contributed by atoms with Gasteiger partial charge in [0.05, 0.1) is 17.8 Å². The first kappa shape index (κ1) is 8.66. The summed E-state index contributed by atoms with van der Waals surface area (Å²) >= 11 is 0. The number of nitrogens with one attached hydrogen (secondary N) is 1. The van der Waals surface area contributed by atoms with Crippen LogP contribution in [0.25, 0.3) is 10.9 Å². The number of fused-ring (bicyclic) bond motifs is 1. The predicted molar refractivity (Wildman–Crippen MR) is 52.6 cm³/mol. The molecule has 1 aromatic heterocycles. The standard InChI is InChI=1S/C10H9N3O/c1-7(11-6-14)9-4-2-3-8-5-12-13-10(8)9/h2-5,7H,1H3,(H,12,13). The highest BCUT2D eigenvalue weighted by Gasteiger charge is 2.08. The molecule has 0 aliphatic rings. The first-order valence-corrected chi connectivity index (χ1v) is 4.32. The number of hydrogen-bond donors (Lipinski definition) is 1. The molecule has 0 fully saturated rings. The van der Waals surface area contributed by atoms with Gasteiger partial charge in [-0.3, -0.25) is 5.10 Å². The van der Waals surface area contributed by atoms with Crippen LogP contribution >= 0.6 is 0 Å². The fourth-order valence-electron chi connectivity index (χ4n) is 1.49. The molecule has 0 spiro atoms. The quantitative estimate of drug-likeness (QED) is 0.577. The summed E-state index contributed by atoms with van der Waals surface area (Å²) in [4.78, 5) is 13.8. The van der Waals surface area contributed by atoms with E-state index in [9.17, 15) is 4.79 Å². The molecule has 2 rings (SSSR count).